The van der Waals surface area contributed by atoms with Gasteiger partial charge in [-0.05, 0) is 35.7 Å². The Labute approximate surface area is 176 Å². The molecule has 0 aliphatic rings. The van der Waals surface area contributed by atoms with Crippen LogP contribution in [0.4, 0.5) is 0 Å². The molecular formula is C24H23N3O2S. The number of sulfonamides is 1. The van der Waals surface area contributed by atoms with E-state index in [1.807, 2.05) is 61.7 Å². The largest absolute Gasteiger partial charge is 0.342 e. The van der Waals surface area contributed by atoms with Gasteiger partial charge in [-0.1, -0.05) is 67.6 Å². The Kier molecular flexibility index (Phi) is 5.68. The molecule has 0 atom stereocenters. The molecule has 152 valence electrons. The average molecular weight is 418 g/mol. The van der Waals surface area contributed by atoms with Gasteiger partial charge in [0.1, 0.15) is 0 Å². The third-order valence-corrected chi connectivity index (χ3v) is 6.27. The number of rotatable bonds is 7. The zero-order chi connectivity index (χ0) is 21.0. The van der Waals surface area contributed by atoms with E-state index < -0.39 is 10.0 Å². The fourth-order valence-corrected chi connectivity index (χ4v) is 4.20. The minimum atomic E-state index is -3.71. The lowest BCUT2D eigenvalue weighted by molar-refractivity contribution is 0.584. The van der Waals surface area contributed by atoms with Crippen LogP contribution in [0.15, 0.2) is 95.1 Å². The van der Waals surface area contributed by atoms with Crippen LogP contribution >= 0.6 is 0 Å². The van der Waals surface area contributed by atoms with Crippen LogP contribution < -0.4 is 4.83 Å². The van der Waals surface area contributed by atoms with Crippen molar-refractivity contribution in [3.63, 3.8) is 0 Å². The third-order valence-electron chi connectivity index (χ3n) is 5.03. The number of hydrogen-bond acceptors (Lipinski definition) is 3. The molecule has 1 N–H and O–H groups in total. The molecule has 4 rings (SSSR count). The standard InChI is InChI=1S/C24H23N3O2S/c1-2-19-12-14-22(15-13-19)30(28,29)26-25-16-21-18-27(17-20-8-4-3-5-9-20)24-11-7-6-10-23(21)24/h3-16,18,26H,2,17H2,1H3/b25-16-. The summed E-state index contributed by atoms with van der Waals surface area (Å²) >= 11 is 0. The van der Waals surface area contributed by atoms with Crippen LogP contribution in [0.25, 0.3) is 10.9 Å². The Morgan fingerprint density at radius 3 is 2.33 bits per heavy atom. The second-order valence-electron chi connectivity index (χ2n) is 7.07. The van der Waals surface area contributed by atoms with E-state index in [4.69, 9.17) is 0 Å². The summed E-state index contributed by atoms with van der Waals surface area (Å²) in [4.78, 5) is 2.51. The van der Waals surface area contributed by atoms with Crippen LogP contribution in [0.5, 0.6) is 0 Å². The van der Waals surface area contributed by atoms with Gasteiger partial charge in [-0.25, -0.2) is 4.83 Å². The van der Waals surface area contributed by atoms with E-state index in [9.17, 15) is 8.42 Å². The van der Waals surface area contributed by atoms with Crippen LogP contribution in [0.1, 0.15) is 23.6 Å². The number of nitrogens with zero attached hydrogens (tertiary/aromatic N) is 2. The fourth-order valence-electron chi connectivity index (χ4n) is 3.41. The number of hydrazone groups is 1. The van der Waals surface area contributed by atoms with E-state index in [1.54, 1.807) is 18.3 Å². The summed E-state index contributed by atoms with van der Waals surface area (Å²) in [6.07, 6.45) is 4.41. The molecule has 0 aliphatic heterocycles. The molecule has 0 saturated carbocycles. The quantitative estimate of drug-likeness (QED) is 0.354. The van der Waals surface area contributed by atoms with Crippen molar-refractivity contribution in [1.29, 1.82) is 0 Å². The SMILES string of the molecule is CCc1ccc(S(=O)(=O)N/N=C\c2cn(Cc3ccccc3)c3ccccc23)cc1. The maximum Gasteiger partial charge on any atom is 0.276 e. The zero-order valence-electron chi connectivity index (χ0n) is 16.7. The maximum atomic E-state index is 12.5. The van der Waals surface area contributed by atoms with Crippen molar-refractivity contribution in [3.8, 4) is 0 Å². The van der Waals surface area contributed by atoms with E-state index in [-0.39, 0.29) is 4.90 Å². The van der Waals surface area contributed by atoms with E-state index in [0.29, 0.717) is 0 Å². The molecule has 0 aliphatic carbocycles. The lowest BCUT2D eigenvalue weighted by atomic mass is 10.2. The third kappa shape index (κ3) is 4.28. The van der Waals surface area contributed by atoms with Crippen LogP contribution in [0.3, 0.4) is 0 Å². The normalized spacial score (nSPS) is 11.9. The van der Waals surface area contributed by atoms with Crippen LogP contribution in [-0.2, 0) is 23.0 Å². The number of fused-ring (bicyclic) bond motifs is 1. The molecule has 0 saturated heterocycles. The van der Waals surface area contributed by atoms with Gasteiger partial charge in [-0.15, -0.1) is 0 Å². The van der Waals surface area contributed by atoms with Crippen molar-refractivity contribution in [2.45, 2.75) is 24.8 Å². The molecule has 0 fully saturated rings. The van der Waals surface area contributed by atoms with Crippen LogP contribution in [0, 0.1) is 0 Å². The molecule has 0 bridgehead atoms. The molecule has 0 radical (unpaired) electrons. The Morgan fingerprint density at radius 2 is 1.60 bits per heavy atom. The van der Waals surface area contributed by atoms with Gasteiger partial charge in [0.2, 0.25) is 0 Å². The molecule has 4 aromatic rings. The van der Waals surface area contributed by atoms with E-state index in [2.05, 4.69) is 32.7 Å². The van der Waals surface area contributed by atoms with Crippen LogP contribution in [-0.4, -0.2) is 19.2 Å². The first-order valence-corrected chi connectivity index (χ1v) is 11.3. The van der Waals surface area contributed by atoms with Crippen molar-refractivity contribution < 1.29 is 8.42 Å². The predicted molar refractivity (Wildman–Crippen MR) is 121 cm³/mol. The van der Waals surface area contributed by atoms with Gasteiger partial charge >= 0.3 is 0 Å². The molecule has 1 heterocycles. The number of nitrogens with one attached hydrogen (secondary N) is 1. The Balaban J connectivity index is 1.58. The van der Waals surface area contributed by atoms with E-state index in [0.717, 1.165) is 35.0 Å². The Morgan fingerprint density at radius 1 is 0.900 bits per heavy atom. The van der Waals surface area contributed by atoms with Crippen molar-refractivity contribution in [1.82, 2.24) is 9.40 Å². The van der Waals surface area contributed by atoms with Crippen molar-refractivity contribution >= 4 is 27.1 Å². The van der Waals surface area contributed by atoms with Gasteiger partial charge in [-0.2, -0.15) is 13.5 Å². The van der Waals surface area contributed by atoms with Gasteiger partial charge in [0.25, 0.3) is 10.0 Å². The molecule has 0 unspecified atom stereocenters. The van der Waals surface area contributed by atoms with Gasteiger partial charge in [0, 0.05) is 29.2 Å². The monoisotopic (exact) mass is 417 g/mol. The molecule has 3 aromatic carbocycles. The van der Waals surface area contributed by atoms with Crippen molar-refractivity contribution in [2.24, 2.45) is 5.10 Å². The average Bonchev–Trinajstić information content (AvgIpc) is 3.12. The predicted octanol–water partition coefficient (Wildman–Crippen LogP) is 4.56. The van der Waals surface area contributed by atoms with Crippen molar-refractivity contribution in [3.05, 3.63) is 102 Å². The Hall–Kier alpha value is -3.38. The molecular weight excluding hydrogens is 394 g/mol. The second-order valence-corrected chi connectivity index (χ2v) is 8.73. The number of benzene rings is 3. The molecule has 6 heteroatoms. The van der Waals surface area contributed by atoms with Crippen LogP contribution in [0.2, 0.25) is 0 Å². The van der Waals surface area contributed by atoms with Gasteiger partial charge < -0.3 is 4.57 Å². The maximum absolute atomic E-state index is 12.5. The summed E-state index contributed by atoms with van der Waals surface area (Å²) in [6.45, 7) is 2.75. The first-order chi connectivity index (χ1) is 14.6. The first kappa shape index (κ1) is 19.9. The summed E-state index contributed by atoms with van der Waals surface area (Å²) in [5, 5.41) is 5.04. The topological polar surface area (TPSA) is 63.5 Å². The molecule has 0 spiro atoms. The second kappa shape index (κ2) is 8.55. The fraction of sp³-hybridized carbons (Fsp3) is 0.125. The highest BCUT2D eigenvalue weighted by molar-refractivity contribution is 7.89. The minimum Gasteiger partial charge on any atom is -0.342 e. The molecule has 1 aromatic heterocycles. The highest BCUT2D eigenvalue weighted by Crippen LogP contribution is 2.21. The lowest BCUT2D eigenvalue weighted by Gasteiger charge is -2.05. The van der Waals surface area contributed by atoms with E-state index >= 15 is 0 Å². The minimum absolute atomic E-state index is 0.198. The van der Waals surface area contributed by atoms with Gasteiger partial charge in [0.05, 0.1) is 11.1 Å². The van der Waals surface area contributed by atoms with Gasteiger partial charge in [0.15, 0.2) is 0 Å². The van der Waals surface area contributed by atoms with Crippen molar-refractivity contribution in [2.75, 3.05) is 0 Å². The summed E-state index contributed by atoms with van der Waals surface area (Å²) < 4.78 is 27.1. The highest BCUT2D eigenvalue weighted by atomic mass is 32.2. The van der Waals surface area contributed by atoms with E-state index in [1.165, 1.54) is 5.56 Å². The molecule has 0 amide bonds. The summed E-state index contributed by atoms with van der Waals surface area (Å²) in [5.41, 5.74) is 4.20. The smallest absolute Gasteiger partial charge is 0.276 e. The molecule has 5 nitrogen and oxygen atoms in total. The summed E-state index contributed by atoms with van der Waals surface area (Å²) in [5.74, 6) is 0. The highest BCUT2D eigenvalue weighted by Gasteiger charge is 2.12. The Bertz CT molecular complexity index is 1280. The summed E-state index contributed by atoms with van der Waals surface area (Å²) in [6, 6.07) is 25.1. The summed E-state index contributed by atoms with van der Waals surface area (Å²) in [7, 11) is -3.71. The molecule has 30 heavy (non-hydrogen) atoms. The lowest BCUT2D eigenvalue weighted by Crippen LogP contribution is -2.18. The van der Waals surface area contributed by atoms with Gasteiger partial charge in [-0.3, -0.25) is 0 Å². The number of aromatic nitrogens is 1. The number of aryl methyl sites for hydroxylation is 1. The number of para-hydroxylation sites is 1. The first-order valence-electron chi connectivity index (χ1n) is 9.82. The zero-order valence-corrected chi connectivity index (χ0v) is 17.5. The number of hydrogen-bond donors (Lipinski definition) is 1.